The van der Waals surface area contributed by atoms with E-state index in [4.69, 9.17) is 0 Å². The highest BCUT2D eigenvalue weighted by Crippen LogP contribution is 2.23. The van der Waals surface area contributed by atoms with Gasteiger partial charge >= 0.3 is 0 Å². The van der Waals surface area contributed by atoms with Crippen molar-refractivity contribution in [2.45, 2.75) is 32.3 Å². The van der Waals surface area contributed by atoms with Gasteiger partial charge < -0.3 is 15.7 Å². The molecule has 1 amide bonds. The predicted octanol–water partition coefficient (Wildman–Crippen LogP) is 2.88. The van der Waals surface area contributed by atoms with Gasteiger partial charge in [0.15, 0.2) is 0 Å². The van der Waals surface area contributed by atoms with Gasteiger partial charge in [-0.15, -0.1) is 0 Å². The first kappa shape index (κ1) is 17.9. The van der Waals surface area contributed by atoms with Crippen LogP contribution in [0.1, 0.15) is 48.4 Å². The first-order chi connectivity index (χ1) is 11.3. The van der Waals surface area contributed by atoms with Crippen molar-refractivity contribution >= 4 is 11.7 Å². The van der Waals surface area contributed by atoms with Crippen molar-refractivity contribution in [3.8, 4) is 0 Å². The van der Waals surface area contributed by atoms with Gasteiger partial charge in [0, 0.05) is 19.8 Å². The average molecular weight is 327 g/mol. The van der Waals surface area contributed by atoms with Crippen LogP contribution in [0.2, 0.25) is 0 Å². The molecule has 0 fully saturated rings. The zero-order valence-corrected chi connectivity index (χ0v) is 14.6. The van der Waals surface area contributed by atoms with Crippen LogP contribution < -0.4 is 10.6 Å². The summed E-state index contributed by atoms with van der Waals surface area (Å²) in [5.74, 6) is 0.445. The summed E-state index contributed by atoms with van der Waals surface area (Å²) in [7, 11) is 1.77. The molecule has 0 aliphatic heterocycles. The van der Waals surface area contributed by atoms with E-state index in [1.165, 1.54) is 11.8 Å². The second kappa shape index (κ2) is 7.45. The third-order valence-electron chi connectivity index (χ3n) is 3.90. The Morgan fingerprint density at radius 2 is 1.83 bits per heavy atom. The molecule has 5 heteroatoms. The predicted molar refractivity (Wildman–Crippen MR) is 96.2 cm³/mol. The molecule has 0 aliphatic carbocycles. The molecule has 1 atom stereocenters. The summed E-state index contributed by atoms with van der Waals surface area (Å²) in [6.07, 6.45) is 0.763. The monoisotopic (exact) mass is 327 g/mol. The van der Waals surface area contributed by atoms with Crippen molar-refractivity contribution < 1.29 is 9.90 Å². The number of anilines is 1. The van der Waals surface area contributed by atoms with E-state index in [9.17, 15) is 9.90 Å². The van der Waals surface area contributed by atoms with E-state index in [2.05, 4.69) is 36.4 Å². The highest BCUT2D eigenvalue weighted by molar-refractivity contribution is 5.94. The molecular weight excluding hydrogens is 302 g/mol. The summed E-state index contributed by atoms with van der Waals surface area (Å²) in [5.41, 5.74) is 2.53. The molecule has 1 aromatic heterocycles. The van der Waals surface area contributed by atoms with Crippen LogP contribution in [0.3, 0.4) is 0 Å². The molecule has 3 N–H and O–H groups in total. The lowest BCUT2D eigenvalue weighted by Crippen LogP contribution is -2.28. The molecule has 2 aromatic rings. The number of hydrogen-bond donors (Lipinski definition) is 3. The van der Waals surface area contributed by atoms with Crippen molar-refractivity contribution in [1.82, 2.24) is 10.3 Å². The summed E-state index contributed by atoms with van der Waals surface area (Å²) in [4.78, 5) is 16.2. The molecular formula is C19H25N3O2. The normalized spacial score (nSPS) is 12.5. The topological polar surface area (TPSA) is 74.2 Å². The van der Waals surface area contributed by atoms with Crippen molar-refractivity contribution in [3.63, 3.8) is 0 Å². The van der Waals surface area contributed by atoms with Crippen LogP contribution in [-0.4, -0.2) is 29.6 Å². The van der Waals surface area contributed by atoms with E-state index >= 15 is 0 Å². The van der Waals surface area contributed by atoms with Crippen LogP contribution in [0.4, 0.5) is 5.82 Å². The summed E-state index contributed by atoms with van der Waals surface area (Å²) < 4.78 is 0. The van der Waals surface area contributed by atoms with E-state index in [1.807, 2.05) is 24.3 Å². The Morgan fingerprint density at radius 1 is 1.17 bits per heavy atom. The second-order valence-electron chi connectivity index (χ2n) is 6.78. The Kier molecular flexibility index (Phi) is 5.57. The third-order valence-corrected chi connectivity index (χ3v) is 3.90. The maximum absolute atomic E-state index is 12.1. The van der Waals surface area contributed by atoms with Gasteiger partial charge in [-0.1, -0.05) is 45.0 Å². The highest BCUT2D eigenvalue weighted by atomic mass is 16.3. The molecule has 1 unspecified atom stereocenters. The molecule has 128 valence electrons. The zero-order chi connectivity index (χ0) is 17.7. The zero-order valence-electron chi connectivity index (χ0n) is 14.6. The lowest BCUT2D eigenvalue weighted by molar-refractivity contribution is 0.0916. The Labute approximate surface area is 143 Å². The maximum atomic E-state index is 12.1. The molecule has 1 heterocycles. The fraction of sp³-hybridized carbons (Fsp3) is 0.368. The third kappa shape index (κ3) is 4.55. The first-order valence-corrected chi connectivity index (χ1v) is 8.02. The molecule has 0 saturated carbocycles. The van der Waals surface area contributed by atoms with Crippen LogP contribution >= 0.6 is 0 Å². The van der Waals surface area contributed by atoms with E-state index in [-0.39, 0.29) is 17.9 Å². The standard InChI is InChI=1S/C19H25N3O2/c1-19(2,3)15-8-5-13(6-9-15)16(23)12-22-18(24)14-7-10-17(20-4)21-11-14/h5-11,16,23H,12H2,1-4H3,(H,20,21)(H,22,24). The second-order valence-corrected chi connectivity index (χ2v) is 6.78. The Bertz CT molecular complexity index is 673. The van der Waals surface area contributed by atoms with E-state index in [0.29, 0.717) is 11.4 Å². The first-order valence-electron chi connectivity index (χ1n) is 8.02. The van der Waals surface area contributed by atoms with Crippen LogP contribution in [0, 0.1) is 0 Å². The lowest BCUT2D eigenvalue weighted by Gasteiger charge is -2.20. The van der Waals surface area contributed by atoms with Crippen molar-refractivity contribution in [2.24, 2.45) is 0 Å². The number of carbonyl (C=O) groups excluding carboxylic acids is 1. The van der Waals surface area contributed by atoms with Gasteiger partial charge in [0.05, 0.1) is 11.7 Å². The minimum Gasteiger partial charge on any atom is -0.387 e. The Balaban J connectivity index is 1.94. The van der Waals surface area contributed by atoms with Crippen LogP contribution in [-0.2, 0) is 5.41 Å². The average Bonchev–Trinajstić information content (AvgIpc) is 2.58. The van der Waals surface area contributed by atoms with Gasteiger partial charge in [-0.05, 0) is 28.7 Å². The molecule has 2 rings (SSSR count). The number of nitrogens with one attached hydrogen (secondary N) is 2. The number of aliphatic hydroxyl groups is 1. The summed E-state index contributed by atoms with van der Waals surface area (Å²) >= 11 is 0. The summed E-state index contributed by atoms with van der Waals surface area (Å²) in [5, 5.41) is 15.9. The quantitative estimate of drug-likeness (QED) is 0.789. The fourth-order valence-electron chi connectivity index (χ4n) is 2.29. The van der Waals surface area contributed by atoms with Gasteiger partial charge in [-0.3, -0.25) is 4.79 Å². The van der Waals surface area contributed by atoms with Gasteiger partial charge in [-0.2, -0.15) is 0 Å². The van der Waals surface area contributed by atoms with E-state index < -0.39 is 6.10 Å². The SMILES string of the molecule is CNc1ccc(C(=O)NCC(O)c2ccc(C(C)(C)C)cc2)cn1. The molecule has 24 heavy (non-hydrogen) atoms. The Hall–Kier alpha value is -2.40. The van der Waals surface area contributed by atoms with Gasteiger partial charge in [-0.25, -0.2) is 4.98 Å². The number of carbonyl (C=O) groups is 1. The number of amides is 1. The number of aliphatic hydroxyl groups excluding tert-OH is 1. The lowest BCUT2D eigenvalue weighted by atomic mass is 9.86. The number of pyridine rings is 1. The molecule has 5 nitrogen and oxygen atoms in total. The maximum Gasteiger partial charge on any atom is 0.252 e. The van der Waals surface area contributed by atoms with Crippen LogP contribution in [0.5, 0.6) is 0 Å². The van der Waals surface area contributed by atoms with Gasteiger partial charge in [0.2, 0.25) is 0 Å². The largest absolute Gasteiger partial charge is 0.387 e. The van der Waals surface area contributed by atoms with Crippen LogP contribution in [0.25, 0.3) is 0 Å². The minimum atomic E-state index is -0.743. The Morgan fingerprint density at radius 3 is 2.33 bits per heavy atom. The number of aromatic nitrogens is 1. The van der Waals surface area contributed by atoms with Crippen molar-refractivity contribution in [3.05, 3.63) is 59.3 Å². The van der Waals surface area contributed by atoms with Gasteiger partial charge in [0.25, 0.3) is 5.91 Å². The van der Waals surface area contributed by atoms with Crippen molar-refractivity contribution in [1.29, 1.82) is 0 Å². The number of benzene rings is 1. The van der Waals surface area contributed by atoms with E-state index in [1.54, 1.807) is 19.2 Å². The molecule has 0 spiro atoms. The highest BCUT2D eigenvalue weighted by Gasteiger charge is 2.15. The van der Waals surface area contributed by atoms with Gasteiger partial charge in [0.1, 0.15) is 5.82 Å². The summed E-state index contributed by atoms with van der Waals surface area (Å²) in [6, 6.07) is 11.3. The van der Waals surface area contributed by atoms with Crippen molar-refractivity contribution in [2.75, 3.05) is 18.9 Å². The molecule has 0 aliphatic rings. The number of rotatable bonds is 5. The molecule has 0 radical (unpaired) electrons. The fourth-order valence-corrected chi connectivity index (χ4v) is 2.29. The molecule has 1 aromatic carbocycles. The number of hydrogen-bond acceptors (Lipinski definition) is 4. The van der Waals surface area contributed by atoms with Crippen LogP contribution in [0.15, 0.2) is 42.6 Å². The molecule has 0 bridgehead atoms. The minimum absolute atomic E-state index is 0.0736. The smallest absolute Gasteiger partial charge is 0.252 e. The number of nitrogens with zero attached hydrogens (tertiary/aromatic N) is 1. The summed E-state index contributed by atoms with van der Waals surface area (Å²) in [6.45, 7) is 6.59. The van der Waals surface area contributed by atoms with E-state index in [0.717, 1.165) is 5.56 Å². The molecule has 0 saturated heterocycles.